The van der Waals surface area contributed by atoms with E-state index in [2.05, 4.69) is 4.99 Å². The van der Waals surface area contributed by atoms with Crippen molar-refractivity contribution in [3.05, 3.63) is 0 Å². The number of amidine groups is 1. The van der Waals surface area contributed by atoms with Crippen molar-refractivity contribution in [2.24, 2.45) is 10.7 Å². The second-order valence-electron chi connectivity index (χ2n) is 2.61. The Balaban J connectivity index is 2.80. The first-order chi connectivity index (χ1) is 6.00. The highest BCUT2D eigenvalue weighted by Gasteiger charge is 2.48. The van der Waals surface area contributed by atoms with Gasteiger partial charge in [-0.25, -0.2) is 4.79 Å². The van der Waals surface area contributed by atoms with Crippen molar-refractivity contribution in [3.8, 4) is 0 Å². The van der Waals surface area contributed by atoms with Crippen molar-refractivity contribution in [2.75, 3.05) is 6.61 Å². The summed E-state index contributed by atoms with van der Waals surface area (Å²) < 4.78 is 3.46. The van der Waals surface area contributed by atoms with Gasteiger partial charge in [-0.1, -0.05) is 11.8 Å². The Morgan fingerprint density at radius 3 is 2.77 bits per heavy atom. The Morgan fingerprint density at radius 2 is 2.38 bits per heavy atom. The number of hydrogen-bond acceptors (Lipinski definition) is 5. The summed E-state index contributed by atoms with van der Waals surface area (Å²) in [6.07, 6.45) is 0. The molecule has 2 N–H and O–H groups in total. The summed E-state index contributed by atoms with van der Waals surface area (Å²) in [5, 5.41) is 0.112. The molecule has 1 rings (SSSR count). The van der Waals surface area contributed by atoms with E-state index in [0.717, 1.165) is 11.8 Å². The molecule has 1 heterocycles. The van der Waals surface area contributed by atoms with E-state index in [9.17, 15) is 9.59 Å². The quantitative estimate of drug-likeness (QED) is 0.499. The number of rotatable bonds is 2. The van der Waals surface area contributed by atoms with Crippen LogP contribution in [-0.2, 0) is 14.3 Å². The number of aliphatic imine (C=N–C) groups is 1. The lowest BCUT2D eigenvalue weighted by molar-refractivity contribution is -0.148. The van der Waals surface area contributed by atoms with Crippen LogP contribution in [0.15, 0.2) is 4.99 Å². The summed E-state index contributed by atoms with van der Waals surface area (Å²) in [7, 11) is 0. The zero-order valence-electron chi connectivity index (χ0n) is 7.36. The van der Waals surface area contributed by atoms with E-state index in [4.69, 9.17) is 10.5 Å². The second-order valence-corrected chi connectivity index (χ2v) is 4.05. The number of nitrogens with zero attached hydrogens (tertiary/aromatic N) is 1. The average Bonchev–Trinajstić information content (AvgIpc) is 2.28. The predicted molar refractivity (Wildman–Crippen MR) is 49.3 cm³/mol. The summed E-state index contributed by atoms with van der Waals surface area (Å²) in [6.45, 7) is 3.37. The van der Waals surface area contributed by atoms with E-state index < -0.39 is 16.6 Å². The van der Waals surface area contributed by atoms with Gasteiger partial charge in [0.2, 0.25) is 0 Å². The average molecular weight is 202 g/mol. The minimum atomic E-state index is -1.28. The molecule has 0 aliphatic carbocycles. The molecule has 0 aromatic rings. The standard InChI is InChI=1S/C7H10N2O3S/c1-3-12-5(11)7(2)4(10)9-6(8)13-7/h3H2,1-2H3,(H2,8,9,10). The van der Waals surface area contributed by atoms with Crippen LogP contribution in [0.2, 0.25) is 0 Å². The molecule has 6 heteroatoms. The Bertz CT molecular complexity index is 289. The van der Waals surface area contributed by atoms with Crippen LogP contribution in [0, 0.1) is 0 Å². The monoisotopic (exact) mass is 202 g/mol. The molecule has 1 aliphatic rings. The third-order valence-electron chi connectivity index (χ3n) is 1.59. The number of thioether (sulfide) groups is 1. The van der Waals surface area contributed by atoms with Crippen LogP contribution in [-0.4, -0.2) is 28.4 Å². The summed E-state index contributed by atoms with van der Waals surface area (Å²) in [4.78, 5) is 26.0. The topological polar surface area (TPSA) is 81.8 Å². The smallest absolute Gasteiger partial charge is 0.332 e. The maximum Gasteiger partial charge on any atom is 0.332 e. The van der Waals surface area contributed by atoms with E-state index in [-0.39, 0.29) is 11.8 Å². The minimum Gasteiger partial charge on any atom is -0.465 e. The van der Waals surface area contributed by atoms with Crippen LogP contribution in [0.4, 0.5) is 0 Å². The highest BCUT2D eigenvalue weighted by Crippen LogP contribution is 2.33. The predicted octanol–water partition coefficient (Wildman–Crippen LogP) is -0.104. The molecule has 1 unspecified atom stereocenters. The first-order valence-electron chi connectivity index (χ1n) is 3.75. The number of carbonyl (C=O) groups excluding carboxylic acids is 2. The van der Waals surface area contributed by atoms with Gasteiger partial charge in [-0.3, -0.25) is 4.79 Å². The first kappa shape index (κ1) is 10.0. The Morgan fingerprint density at radius 1 is 1.77 bits per heavy atom. The molecule has 0 aromatic carbocycles. The van der Waals surface area contributed by atoms with Crippen LogP contribution < -0.4 is 5.73 Å². The Labute approximate surface area is 79.7 Å². The van der Waals surface area contributed by atoms with Gasteiger partial charge in [0.1, 0.15) is 0 Å². The molecule has 1 amide bonds. The summed E-state index contributed by atoms with van der Waals surface area (Å²) in [5.74, 6) is -1.14. The SMILES string of the molecule is CCOC(=O)C1(C)SC(N)=NC1=O. The van der Waals surface area contributed by atoms with Crippen molar-refractivity contribution in [1.29, 1.82) is 0 Å². The molecule has 0 radical (unpaired) electrons. The fraction of sp³-hybridized carbons (Fsp3) is 0.571. The van der Waals surface area contributed by atoms with Crippen LogP contribution >= 0.6 is 11.8 Å². The van der Waals surface area contributed by atoms with Gasteiger partial charge in [-0.05, 0) is 13.8 Å². The molecule has 5 nitrogen and oxygen atoms in total. The Hall–Kier alpha value is -1.04. The third kappa shape index (κ3) is 1.67. The van der Waals surface area contributed by atoms with Gasteiger partial charge in [0.25, 0.3) is 5.91 Å². The van der Waals surface area contributed by atoms with Crippen LogP contribution in [0.25, 0.3) is 0 Å². The van der Waals surface area contributed by atoms with Crippen LogP contribution in [0.5, 0.6) is 0 Å². The van der Waals surface area contributed by atoms with Gasteiger partial charge in [-0.15, -0.1) is 0 Å². The normalized spacial score (nSPS) is 27.2. The van der Waals surface area contributed by atoms with E-state index in [1.165, 1.54) is 6.92 Å². The molecule has 72 valence electrons. The van der Waals surface area contributed by atoms with Gasteiger partial charge in [0.15, 0.2) is 9.91 Å². The molecular formula is C7H10N2O3S. The molecule has 1 aliphatic heterocycles. The van der Waals surface area contributed by atoms with Gasteiger partial charge < -0.3 is 10.5 Å². The number of amides is 1. The van der Waals surface area contributed by atoms with E-state index in [1.807, 2.05) is 0 Å². The van der Waals surface area contributed by atoms with Crippen molar-refractivity contribution in [2.45, 2.75) is 18.6 Å². The zero-order chi connectivity index (χ0) is 10.1. The van der Waals surface area contributed by atoms with E-state index >= 15 is 0 Å². The lowest BCUT2D eigenvalue weighted by atomic mass is 10.1. The Kier molecular flexibility index (Phi) is 2.60. The number of ether oxygens (including phenoxy) is 1. The molecule has 0 saturated carbocycles. The van der Waals surface area contributed by atoms with Gasteiger partial charge in [-0.2, -0.15) is 4.99 Å². The molecule has 0 bridgehead atoms. The fourth-order valence-corrected chi connectivity index (χ4v) is 1.70. The molecule has 0 fully saturated rings. The van der Waals surface area contributed by atoms with Crippen LogP contribution in [0.1, 0.15) is 13.8 Å². The van der Waals surface area contributed by atoms with Crippen molar-refractivity contribution in [3.63, 3.8) is 0 Å². The van der Waals surface area contributed by atoms with Crippen LogP contribution in [0.3, 0.4) is 0 Å². The first-order valence-corrected chi connectivity index (χ1v) is 4.57. The molecule has 13 heavy (non-hydrogen) atoms. The molecule has 0 spiro atoms. The van der Waals surface area contributed by atoms with Crippen molar-refractivity contribution in [1.82, 2.24) is 0 Å². The number of carbonyl (C=O) groups is 2. The zero-order valence-corrected chi connectivity index (χ0v) is 8.18. The molecular weight excluding hydrogens is 192 g/mol. The number of hydrogen-bond donors (Lipinski definition) is 1. The number of esters is 1. The van der Waals surface area contributed by atoms with E-state index in [0.29, 0.717) is 0 Å². The highest BCUT2D eigenvalue weighted by molar-refractivity contribution is 8.16. The fourth-order valence-electron chi connectivity index (χ4n) is 0.880. The van der Waals surface area contributed by atoms with Crippen molar-refractivity contribution < 1.29 is 14.3 Å². The van der Waals surface area contributed by atoms with Crippen molar-refractivity contribution >= 4 is 28.8 Å². The minimum absolute atomic E-state index is 0.112. The summed E-state index contributed by atoms with van der Waals surface area (Å²) in [5.41, 5.74) is 5.32. The van der Waals surface area contributed by atoms with Gasteiger partial charge in [0, 0.05) is 0 Å². The lowest BCUT2D eigenvalue weighted by Crippen LogP contribution is -2.38. The second kappa shape index (κ2) is 3.37. The largest absolute Gasteiger partial charge is 0.465 e. The summed E-state index contributed by atoms with van der Waals surface area (Å²) in [6, 6.07) is 0. The van der Waals surface area contributed by atoms with E-state index in [1.54, 1.807) is 6.92 Å². The van der Waals surface area contributed by atoms with Gasteiger partial charge in [0.05, 0.1) is 6.61 Å². The third-order valence-corrected chi connectivity index (χ3v) is 2.64. The molecule has 1 atom stereocenters. The maximum absolute atomic E-state index is 11.3. The lowest BCUT2D eigenvalue weighted by Gasteiger charge is -2.16. The highest BCUT2D eigenvalue weighted by atomic mass is 32.2. The molecule has 0 saturated heterocycles. The van der Waals surface area contributed by atoms with Gasteiger partial charge >= 0.3 is 5.97 Å². The maximum atomic E-state index is 11.3. The summed E-state index contributed by atoms with van der Waals surface area (Å²) >= 11 is 0.928. The molecule has 0 aromatic heterocycles. The number of nitrogens with two attached hydrogens (primary N) is 1.